The summed E-state index contributed by atoms with van der Waals surface area (Å²) < 4.78 is 26.3. The zero-order chi connectivity index (χ0) is 16.0. The molecule has 0 radical (unpaired) electrons. The standard InChI is InChI=1S/C14H18N2O4S/c1-11(2)10-16(9-3-8-15)21(19,20)13-6-4-12(5-7-13)14(17)18/h4-7,11H,3,9-10H2,1-2H3,(H,17,18). The summed E-state index contributed by atoms with van der Waals surface area (Å²) in [7, 11) is -3.72. The first-order valence-corrected chi connectivity index (χ1v) is 7.93. The van der Waals surface area contributed by atoms with Gasteiger partial charge in [-0.05, 0) is 30.2 Å². The van der Waals surface area contributed by atoms with E-state index in [0.29, 0.717) is 6.54 Å². The molecule has 0 aliphatic rings. The van der Waals surface area contributed by atoms with Gasteiger partial charge in [-0.25, -0.2) is 13.2 Å². The molecule has 1 aromatic carbocycles. The van der Waals surface area contributed by atoms with Crippen molar-refractivity contribution >= 4 is 16.0 Å². The average molecular weight is 310 g/mol. The SMILES string of the molecule is CC(C)CN(CCC#N)S(=O)(=O)c1ccc(C(=O)O)cc1. The van der Waals surface area contributed by atoms with Crippen molar-refractivity contribution in [2.45, 2.75) is 25.2 Å². The molecule has 1 rings (SSSR count). The minimum Gasteiger partial charge on any atom is -0.478 e. The van der Waals surface area contributed by atoms with E-state index in [2.05, 4.69) is 0 Å². The molecule has 0 atom stereocenters. The highest BCUT2D eigenvalue weighted by molar-refractivity contribution is 7.89. The van der Waals surface area contributed by atoms with Gasteiger partial charge >= 0.3 is 5.97 Å². The Kier molecular flexibility index (Phi) is 5.88. The minimum absolute atomic E-state index is 0.0291. The van der Waals surface area contributed by atoms with Crippen LogP contribution in [0.1, 0.15) is 30.6 Å². The molecular weight excluding hydrogens is 292 g/mol. The Morgan fingerprint density at radius 2 is 1.90 bits per heavy atom. The van der Waals surface area contributed by atoms with Crippen molar-refractivity contribution in [3.8, 4) is 6.07 Å². The summed E-state index contributed by atoms with van der Waals surface area (Å²) in [6, 6.07) is 7.00. The summed E-state index contributed by atoms with van der Waals surface area (Å²) in [6.45, 7) is 4.22. The molecule has 0 fully saturated rings. The van der Waals surface area contributed by atoms with Crippen molar-refractivity contribution in [3.05, 3.63) is 29.8 Å². The number of rotatable bonds is 7. The predicted molar refractivity (Wildman–Crippen MR) is 77.2 cm³/mol. The number of carboxylic acids is 1. The third-order valence-electron chi connectivity index (χ3n) is 2.78. The molecule has 1 N–H and O–H groups in total. The molecule has 0 spiro atoms. The van der Waals surface area contributed by atoms with Crippen LogP contribution in [0, 0.1) is 17.2 Å². The Bertz CT molecular complexity index is 630. The normalized spacial score (nSPS) is 11.6. The molecule has 0 aliphatic carbocycles. The number of carbonyl (C=O) groups is 1. The Hall–Kier alpha value is -1.91. The molecule has 114 valence electrons. The van der Waals surface area contributed by atoms with Crippen LogP contribution in [0.15, 0.2) is 29.2 Å². The quantitative estimate of drug-likeness (QED) is 0.830. The predicted octanol–water partition coefficient (Wildman–Crippen LogP) is 1.95. The van der Waals surface area contributed by atoms with Crippen LogP contribution in [0.2, 0.25) is 0 Å². The van der Waals surface area contributed by atoms with Crippen molar-refractivity contribution in [1.29, 1.82) is 5.26 Å². The maximum Gasteiger partial charge on any atom is 0.335 e. The zero-order valence-electron chi connectivity index (χ0n) is 12.0. The van der Waals surface area contributed by atoms with Crippen molar-refractivity contribution in [3.63, 3.8) is 0 Å². The molecule has 0 aromatic heterocycles. The highest BCUT2D eigenvalue weighted by atomic mass is 32.2. The average Bonchev–Trinajstić information content (AvgIpc) is 2.43. The molecule has 7 heteroatoms. The van der Waals surface area contributed by atoms with E-state index in [1.165, 1.54) is 28.6 Å². The first-order valence-electron chi connectivity index (χ1n) is 6.49. The van der Waals surface area contributed by atoms with Gasteiger partial charge in [0.25, 0.3) is 0 Å². The lowest BCUT2D eigenvalue weighted by atomic mass is 10.2. The number of aromatic carboxylic acids is 1. The van der Waals surface area contributed by atoms with Gasteiger partial charge in [0.05, 0.1) is 16.5 Å². The third kappa shape index (κ3) is 4.55. The number of carboxylic acid groups (broad SMARTS) is 1. The minimum atomic E-state index is -3.72. The second-order valence-corrected chi connectivity index (χ2v) is 6.93. The second-order valence-electron chi connectivity index (χ2n) is 4.99. The molecule has 1 aromatic rings. The van der Waals surface area contributed by atoms with E-state index in [-0.39, 0.29) is 29.3 Å². The fourth-order valence-electron chi connectivity index (χ4n) is 1.81. The van der Waals surface area contributed by atoms with E-state index in [9.17, 15) is 13.2 Å². The van der Waals surface area contributed by atoms with Crippen LogP contribution in [-0.2, 0) is 10.0 Å². The van der Waals surface area contributed by atoms with Crippen molar-refractivity contribution in [1.82, 2.24) is 4.31 Å². The monoisotopic (exact) mass is 310 g/mol. The lowest BCUT2D eigenvalue weighted by molar-refractivity contribution is 0.0696. The topological polar surface area (TPSA) is 98.5 Å². The van der Waals surface area contributed by atoms with E-state index >= 15 is 0 Å². The number of nitriles is 1. The van der Waals surface area contributed by atoms with Crippen LogP contribution in [0.25, 0.3) is 0 Å². The first kappa shape index (κ1) is 17.1. The number of nitrogens with zero attached hydrogens (tertiary/aromatic N) is 2. The number of hydrogen-bond donors (Lipinski definition) is 1. The molecule has 0 aliphatic heterocycles. The molecular formula is C14H18N2O4S. The van der Waals surface area contributed by atoms with Crippen molar-refractivity contribution in [2.75, 3.05) is 13.1 Å². The van der Waals surface area contributed by atoms with Crippen molar-refractivity contribution in [2.24, 2.45) is 5.92 Å². The van der Waals surface area contributed by atoms with Gasteiger partial charge < -0.3 is 5.11 Å². The first-order chi connectivity index (χ1) is 9.78. The fourth-order valence-corrected chi connectivity index (χ4v) is 3.41. The Balaban J connectivity index is 3.09. The smallest absolute Gasteiger partial charge is 0.335 e. The molecule has 0 heterocycles. The molecule has 6 nitrogen and oxygen atoms in total. The molecule has 0 saturated heterocycles. The summed E-state index contributed by atoms with van der Waals surface area (Å²) in [5.74, 6) is -0.987. The maximum absolute atomic E-state index is 12.5. The number of benzene rings is 1. The Labute approximate surface area is 124 Å². The van der Waals surface area contributed by atoms with Crippen LogP contribution in [0.4, 0.5) is 0 Å². The summed E-state index contributed by atoms with van der Waals surface area (Å²) in [6.07, 6.45) is 0.110. The largest absolute Gasteiger partial charge is 0.478 e. The zero-order valence-corrected chi connectivity index (χ0v) is 12.8. The van der Waals surface area contributed by atoms with Crippen LogP contribution < -0.4 is 0 Å². The van der Waals surface area contributed by atoms with E-state index < -0.39 is 16.0 Å². The van der Waals surface area contributed by atoms with Crippen LogP contribution in [0.3, 0.4) is 0 Å². The Morgan fingerprint density at radius 3 is 2.33 bits per heavy atom. The second kappa shape index (κ2) is 7.20. The summed E-state index contributed by atoms with van der Waals surface area (Å²) in [4.78, 5) is 10.8. The molecule has 21 heavy (non-hydrogen) atoms. The van der Waals surface area contributed by atoms with Crippen molar-refractivity contribution < 1.29 is 18.3 Å². The highest BCUT2D eigenvalue weighted by Crippen LogP contribution is 2.18. The lowest BCUT2D eigenvalue weighted by Crippen LogP contribution is -2.35. The van der Waals surface area contributed by atoms with E-state index in [1.54, 1.807) is 0 Å². The molecule has 0 amide bonds. The Morgan fingerprint density at radius 1 is 1.33 bits per heavy atom. The van der Waals surface area contributed by atoms with E-state index in [4.69, 9.17) is 10.4 Å². The van der Waals surface area contributed by atoms with Gasteiger partial charge in [0.2, 0.25) is 10.0 Å². The summed E-state index contributed by atoms with van der Waals surface area (Å²) >= 11 is 0. The molecule has 0 bridgehead atoms. The lowest BCUT2D eigenvalue weighted by Gasteiger charge is -2.23. The van der Waals surface area contributed by atoms with Gasteiger partial charge in [-0.3, -0.25) is 0 Å². The van der Waals surface area contributed by atoms with Gasteiger partial charge in [-0.1, -0.05) is 13.8 Å². The van der Waals surface area contributed by atoms with Crippen LogP contribution in [-0.4, -0.2) is 36.9 Å². The summed E-state index contributed by atoms with van der Waals surface area (Å²) in [5.41, 5.74) is 0.0291. The molecule has 0 saturated carbocycles. The van der Waals surface area contributed by atoms with E-state index in [0.717, 1.165) is 0 Å². The number of hydrogen-bond acceptors (Lipinski definition) is 4. The maximum atomic E-state index is 12.5. The van der Waals surface area contributed by atoms with Gasteiger partial charge in [0, 0.05) is 19.5 Å². The van der Waals surface area contributed by atoms with Crippen LogP contribution >= 0.6 is 0 Å². The fraction of sp³-hybridized carbons (Fsp3) is 0.429. The highest BCUT2D eigenvalue weighted by Gasteiger charge is 2.25. The van der Waals surface area contributed by atoms with Gasteiger partial charge in [-0.15, -0.1) is 0 Å². The summed E-state index contributed by atoms with van der Waals surface area (Å²) in [5, 5.41) is 17.5. The van der Waals surface area contributed by atoms with Gasteiger partial charge in [0.1, 0.15) is 0 Å². The van der Waals surface area contributed by atoms with Crippen LogP contribution in [0.5, 0.6) is 0 Å². The van der Waals surface area contributed by atoms with E-state index in [1.807, 2.05) is 19.9 Å². The van der Waals surface area contributed by atoms with Gasteiger partial charge in [-0.2, -0.15) is 9.57 Å². The third-order valence-corrected chi connectivity index (χ3v) is 4.66. The molecule has 0 unspecified atom stereocenters. The van der Waals surface area contributed by atoms with Gasteiger partial charge in [0.15, 0.2) is 0 Å². The number of sulfonamides is 1.